The number of aliphatic hydroxyl groups is 1. The first-order valence-electron chi connectivity index (χ1n) is 3.14. The van der Waals surface area contributed by atoms with E-state index in [1.807, 2.05) is 0 Å². The molecule has 1 aliphatic heterocycles. The van der Waals surface area contributed by atoms with E-state index >= 15 is 0 Å². The van der Waals surface area contributed by atoms with Crippen molar-refractivity contribution >= 4 is 0 Å². The van der Waals surface area contributed by atoms with E-state index in [2.05, 4.69) is 0 Å². The zero-order valence-corrected chi connectivity index (χ0v) is 5.68. The Kier molecular flexibility index (Phi) is 1.92. The lowest BCUT2D eigenvalue weighted by Crippen LogP contribution is -2.34. The van der Waals surface area contributed by atoms with Crippen LogP contribution in [0.15, 0.2) is 0 Å². The molecular formula is C6H10F2O2. The fraction of sp³-hybridized carbons (Fsp3) is 1.00. The van der Waals surface area contributed by atoms with Gasteiger partial charge in [0.15, 0.2) is 0 Å². The lowest BCUT2D eigenvalue weighted by molar-refractivity contribution is -0.0908. The van der Waals surface area contributed by atoms with E-state index in [0.29, 0.717) is 6.61 Å². The molecule has 0 aromatic heterocycles. The number of hydrogen-bond donors (Lipinski definition) is 1. The zero-order valence-electron chi connectivity index (χ0n) is 5.68. The Morgan fingerprint density at radius 3 is 2.60 bits per heavy atom. The van der Waals surface area contributed by atoms with Crippen molar-refractivity contribution < 1.29 is 18.6 Å². The van der Waals surface area contributed by atoms with Crippen LogP contribution in [0.2, 0.25) is 0 Å². The van der Waals surface area contributed by atoms with Gasteiger partial charge >= 0.3 is 0 Å². The van der Waals surface area contributed by atoms with Crippen LogP contribution in [0, 0.1) is 0 Å². The molecule has 2 unspecified atom stereocenters. The van der Waals surface area contributed by atoms with Gasteiger partial charge in [-0.2, -0.15) is 0 Å². The lowest BCUT2D eigenvalue weighted by atomic mass is 10.0. The number of epoxide rings is 1. The highest BCUT2D eigenvalue weighted by Crippen LogP contribution is 2.27. The van der Waals surface area contributed by atoms with Gasteiger partial charge in [0.1, 0.15) is 5.60 Å². The molecule has 0 spiro atoms. The van der Waals surface area contributed by atoms with Crippen molar-refractivity contribution in [1.82, 2.24) is 0 Å². The van der Waals surface area contributed by atoms with Gasteiger partial charge in [0, 0.05) is 6.42 Å². The van der Waals surface area contributed by atoms with Crippen LogP contribution in [0.3, 0.4) is 0 Å². The number of halogens is 2. The largest absolute Gasteiger partial charge is 0.384 e. The molecule has 1 fully saturated rings. The van der Waals surface area contributed by atoms with Gasteiger partial charge < -0.3 is 9.84 Å². The van der Waals surface area contributed by atoms with Crippen LogP contribution in [0.1, 0.15) is 13.3 Å². The third kappa shape index (κ3) is 1.88. The van der Waals surface area contributed by atoms with Crippen molar-refractivity contribution in [2.24, 2.45) is 0 Å². The fourth-order valence-corrected chi connectivity index (χ4v) is 0.736. The van der Waals surface area contributed by atoms with Gasteiger partial charge in [-0.15, -0.1) is 0 Å². The molecule has 1 heterocycles. The van der Waals surface area contributed by atoms with Crippen molar-refractivity contribution in [3.63, 3.8) is 0 Å². The fourth-order valence-electron chi connectivity index (χ4n) is 0.736. The molecule has 0 aromatic carbocycles. The van der Waals surface area contributed by atoms with Crippen molar-refractivity contribution in [2.45, 2.75) is 31.5 Å². The first-order valence-corrected chi connectivity index (χ1v) is 3.14. The average molecular weight is 152 g/mol. The number of ether oxygens (including phenoxy) is 1. The molecule has 1 rings (SSSR count). The van der Waals surface area contributed by atoms with Crippen molar-refractivity contribution in [3.05, 3.63) is 0 Å². The monoisotopic (exact) mass is 152 g/mol. The summed E-state index contributed by atoms with van der Waals surface area (Å²) in [4.78, 5) is 0. The first-order chi connectivity index (χ1) is 4.52. The summed E-state index contributed by atoms with van der Waals surface area (Å²) in [5.41, 5.74) is -1.87. The highest BCUT2D eigenvalue weighted by atomic mass is 19.3. The molecule has 2 atom stereocenters. The minimum atomic E-state index is -2.68. The van der Waals surface area contributed by atoms with E-state index in [0.717, 1.165) is 6.92 Å². The Hall–Kier alpha value is -0.220. The standard InChI is InChI=1S/C6H10F2O2/c1-6(9,5(7)8)2-4-3-10-4/h4-5,9H,2-3H2,1H3. The summed E-state index contributed by atoms with van der Waals surface area (Å²) in [7, 11) is 0. The molecule has 0 bridgehead atoms. The second-order valence-corrected chi connectivity index (χ2v) is 2.82. The van der Waals surface area contributed by atoms with Crippen LogP contribution in [-0.2, 0) is 4.74 Å². The van der Waals surface area contributed by atoms with Crippen LogP contribution in [0.4, 0.5) is 8.78 Å². The molecule has 4 heteroatoms. The molecule has 1 saturated heterocycles. The second-order valence-electron chi connectivity index (χ2n) is 2.82. The van der Waals surface area contributed by atoms with Crippen molar-refractivity contribution in [3.8, 4) is 0 Å². The van der Waals surface area contributed by atoms with Crippen LogP contribution >= 0.6 is 0 Å². The highest BCUT2D eigenvalue weighted by Gasteiger charge is 2.39. The SMILES string of the molecule is CC(O)(CC1CO1)C(F)F. The Labute approximate surface area is 57.8 Å². The zero-order chi connectivity index (χ0) is 7.78. The Morgan fingerprint density at radius 2 is 2.30 bits per heavy atom. The van der Waals surface area contributed by atoms with Gasteiger partial charge in [0.05, 0.1) is 12.7 Å². The minimum Gasteiger partial charge on any atom is -0.384 e. The maximum atomic E-state index is 11.9. The van der Waals surface area contributed by atoms with Crippen molar-refractivity contribution in [2.75, 3.05) is 6.61 Å². The summed E-state index contributed by atoms with van der Waals surface area (Å²) in [5.74, 6) is 0. The molecule has 0 aliphatic carbocycles. The summed E-state index contributed by atoms with van der Waals surface area (Å²) >= 11 is 0. The van der Waals surface area contributed by atoms with Gasteiger partial charge in [-0.1, -0.05) is 0 Å². The third-order valence-corrected chi connectivity index (χ3v) is 1.51. The highest BCUT2D eigenvalue weighted by molar-refractivity contribution is 4.84. The molecule has 1 aliphatic rings. The third-order valence-electron chi connectivity index (χ3n) is 1.51. The number of alkyl halides is 2. The summed E-state index contributed by atoms with van der Waals surface area (Å²) in [6.45, 7) is 1.63. The molecule has 2 nitrogen and oxygen atoms in total. The van der Waals surface area contributed by atoms with Crippen molar-refractivity contribution in [1.29, 1.82) is 0 Å². The number of rotatable bonds is 3. The molecular weight excluding hydrogens is 142 g/mol. The van der Waals surface area contributed by atoms with Crippen LogP contribution in [0.25, 0.3) is 0 Å². The Balaban J connectivity index is 2.33. The smallest absolute Gasteiger partial charge is 0.266 e. The maximum absolute atomic E-state index is 11.9. The van der Waals surface area contributed by atoms with E-state index in [4.69, 9.17) is 9.84 Å². The normalized spacial score (nSPS) is 30.3. The van der Waals surface area contributed by atoms with Gasteiger partial charge in [-0.3, -0.25) is 0 Å². The molecule has 0 saturated carbocycles. The molecule has 0 aromatic rings. The quantitative estimate of drug-likeness (QED) is 0.606. The van der Waals surface area contributed by atoms with E-state index in [1.54, 1.807) is 0 Å². The number of hydrogen-bond acceptors (Lipinski definition) is 2. The van der Waals surface area contributed by atoms with Crippen LogP contribution in [-0.4, -0.2) is 29.8 Å². The molecule has 0 amide bonds. The molecule has 0 radical (unpaired) electrons. The Bertz CT molecular complexity index is 121. The first kappa shape index (κ1) is 7.88. The van der Waals surface area contributed by atoms with Gasteiger partial charge in [-0.25, -0.2) is 8.78 Å². The van der Waals surface area contributed by atoms with E-state index in [9.17, 15) is 8.78 Å². The summed E-state index contributed by atoms with van der Waals surface area (Å²) in [6.07, 6.45) is -2.80. The summed E-state index contributed by atoms with van der Waals surface area (Å²) in [6, 6.07) is 0. The van der Waals surface area contributed by atoms with Gasteiger partial charge in [-0.05, 0) is 6.92 Å². The van der Waals surface area contributed by atoms with Crippen LogP contribution in [0.5, 0.6) is 0 Å². The lowest BCUT2D eigenvalue weighted by Gasteiger charge is -2.20. The van der Waals surface area contributed by atoms with Crippen LogP contribution < -0.4 is 0 Å². The topological polar surface area (TPSA) is 32.8 Å². The van der Waals surface area contributed by atoms with E-state index < -0.39 is 12.0 Å². The second kappa shape index (κ2) is 2.43. The van der Waals surface area contributed by atoms with Gasteiger partial charge in [0.25, 0.3) is 6.43 Å². The summed E-state index contributed by atoms with van der Waals surface area (Å²) < 4.78 is 28.5. The van der Waals surface area contributed by atoms with E-state index in [-0.39, 0.29) is 12.5 Å². The van der Waals surface area contributed by atoms with Gasteiger partial charge in [0.2, 0.25) is 0 Å². The minimum absolute atomic E-state index is 0.0324. The molecule has 60 valence electrons. The molecule has 1 N–H and O–H groups in total. The maximum Gasteiger partial charge on any atom is 0.266 e. The predicted octanol–water partition coefficient (Wildman–Crippen LogP) is 0.791. The Morgan fingerprint density at radius 1 is 1.80 bits per heavy atom. The predicted molar refractivity (Wildman–Crippen MR) is 31.0 cm³/mol. The summed E-state index contributed by atoms with van der Waals surface area (Å²) in [5, 5.41) is 8.97. The molecule has 10 heavy (non-hydrogen) atoms. The average Bonchev–Trinajstić information content (AvgIpc) is 2.48. The van der Waals surface area contributed by atoms with E-state index in [1.165, 1.54) is 0 Å².